The van der Waals surface area contributed by atoms with E-state index in [0.717, 1.165) is 21.9 Å². The fourth-order valence-corrected chi connectivity index (χ4v) is 2.11. The van der Waals surface area contributed by atoms with Gasteiger partial charge < -0.3 is 14.9 Å². The predicted molar refractivity (Wildman–Crippen MR) is 69.4 cm³/mol. The van der Waals surface area contributed by atoms with E-state index in [4.69, 9.17) is 14.9 Å². The van der Waals surface area contributed by atoms with Crippen LogP contribution in [0.3, 0.4) is 0 Å². The van der Waals surface area contributed by atoms with Crippen LogP contribution >= 0.6 is 0 Å². The van der Waals surface area contributed by atoms with Gasteiger partial charge in [0.05, 0.1) is 12.8 Å². The molecule has 0 bridgehead atoms. The van der Waals surface area contributed by atoms with Crippen molar-refractivity contribution in [3.8, 4) is 5.75 Å². The van der Waals surface area contributed by atoms with Crippen molar-refractivity contribution in [1.82, 2.24) is 0 Å². The molecule has 0 spiro atoms. The number of nitrogens with two attached hydrogens (primary N) is 1. The van der Waals surface area contributed by atoms with Crippen LogP contribution in [0.5, 0.6) is 5.75 Å². The molecule has 3 aromatic rings. The molecule has 3 heteroatoms. The zero-order valence-corrected chi connectivity index (χ0v) is 9.78. The van der Waals surface area contributed by atoms with Crippen LogP contribution in [-0.4, -0.2) is 7.11 Å². The molecule has 0 fully saturated rings. The van der Waals surface area contributed by atoms with Gasteiger partial charge in [-0.1, -0.05) is 11.6 Å². The van der Waals surface area contributed by atoms with Gasteiger partial charge in [-0.3, -0.25) is 0 Å². The van der Waals surface area contributed by atoms with Crippen LogP contribution in [0.4, 0.5) is 5.69 Å². The Kier molecular flexibility index (Phi) is 2.01. The number of furan rings is 1. The number of rotatable bonds is 1. The van der Waals surface area contributed by atoms with E-state index in [1.165, 1.54) is 5.56 Å². The van der Waals surface area contributed by atoms with Gasteiger partial charge in [0.2, 0.25) is 0 Å². The Hall–Kier alpha value is -2.16. The molecule has 1 aromatic heterocycles. The number of nitrogen functional groups attached to an aromatic ring is 1. The van der Waals surface area contributed by atoms with Crippen molar-refractivity contribution in [2.45, 2.75) is 6.92 Å². The fraction of sp³-hybridized carbons (Fsp3) is 0.143. The molecule has 0 aliphatic heterocycles. The smallest absolute Gasteiger partial charge is 0.142 e. The molecule has 2 aromatic carbocycles. The van der Waals surface area contributed by atoms with Crippen molar-refractivity contribution in [3.05, 3.63) is 35.9 Å². The maximum Gasteiger partial charge on any atom is 0.142 e. The van der Waals surface area contributed by atoms with Gasteiger partial charge in [-0.05, 0) is 25.1 Å². The Labute approximate surface area is 98.8 Å². The van der Waals surface area contributed by atoms with Crippen LogP contribution in [0.15, 0.2) is 34.7 Å². The average molecular weight is 227 g/mol. The Morgan fingerprint density at radius 3 is 2.59 bits per heavy atom. The van der Waals surface area contributed by atoms with Crippen molar-refractivity contribution in [2.75, 3.05) is 12.8 Å². The highest BCUT2D eigenvalue weighted by molar-refractivity contribution is 6.06. The van der Waals surface area contributed by atoms with E-state index in [1.807, 2.05) is 24.3 Å². The lowest BCUT2D eigenvalue weighted by molar-refractivity contribution is 0.417. The van der Waals surface area contributed by atoms with E-state index in [-0.39, 0.29) is 0 Å². The van der Waals surface area contributed by atoms with Gasteiger partial charge in [-0.15, -0.1) is 0 Å². The molecule has 0 amide bonds. The summed E-state index contributed by atoms with van der Waals surface area (Å²) in [6.07, 6.45) is 0. The third-order valence-corrected chi connectivity index (χ3v) is 2.98. The lowest BCUT2D eigenvalue weighted by Gasteiger charge is -2.03. The molecule has 0 radical (unpaired) electrons. The van der Waals surface area contributed by atoms with Crippen molar-refractivity contribution in [1.29, 1.82) is 0 Å². The SMILES string of the molecule is COc1cc2c(cc1N)oc1ccc(C)cc12. The number of fused-ring (bicyclic) bond motifs is 3. The van der Waals surface area contributed by atoms with Gasteiger partial charge in [0.15, 0.2) is 0 Å². The maximum absolute atomic E-state index is 5.86. The van der Waals surface area contributed by atoms with E-state index >= 15 is 0 Å². The fourth-order valence-electron chi connectivity index (χ4n) is 2.11. The molecular weight excluding hydrogens is 214 g/mol. The molecule has 0 saturated carbocycles. The third kappa shape index (κ3) is 1.43. The van der Waals surface area contributed by atoms with Crippen LogP contribution in [0.1, 0.15) is 5.56 Å². The number of hydrogen-bond donors (Lipinski definition) is 1. The van der Waals surface area contributed by atoms with Gasteiger partial charge in [-0.2, -0.15) is 0 Å². The normalized spacial score (nSPS) is 11.2. The highest BCUT2D eigenvalue weighted by atomic mass is 16.5. The summed E-state index contributed by atoms with van der Waals surface area (Å²) >= 11 is 0. The molecule has 0 atom stereocenters. The predicted octanol–water partition coefficient (Wildman–Crippen LogP) is 3.49. The standard InChI is InChI=1S/C14H13NO2/c1-8-3-4-12-9(5-8)10-6-14(16-2)11(15)7-13(10)17-12/h3-7H,15H2,1-2H3. The van der Waals surface area contributed by atoms with Crippen molar-refractivity contribution >= 4 is 27.6 Å². The first-order chi connectivity index (χ1) is 8.19. The van der Waals surface area contributed by atoms with Crippen LogP contribution < -0.4 is 10.5 Å². The highest BCUT2D eigenvalue weighted by Gasteiger charge is 2.10. The van der Waals surface area contributed by atoms with Crippen LogP contribution in [0.25, 0.3) is 21.9 Å². The first-order valence-electron chi connectivity index (χ1n) is 5.45. The topological polar surface area (TPSA) is 48.4 Å². The number of anilines is 1. The second-order valence-electron chi connectivity index (χ2n) is 4.19. The van der Waals surface area contributed by atoms with Crippen LogP contribution in [-0.2, 0) is 0 Å². The van der Waals surface area contributed by atoms with Crippen LogP contribution in [0, 0.1) is 6.92 Å². The minimum atomic E-state index is 0.593. The average Bonchev–Trinajstić information content (AvgIpc) is 2.65. The highest BCUT2D eigenvalue weighted by Crippen LogP contribution is 2.35. The van der Waals surface area contributed by atoms with Gasteiger partial charge in [0, 0.05) is 16.8 Å². The molecule has 0 aliphatic rings. The molecule has 0 unspecified atom stereocenters. The Balaban J connectivity index is 2.46. The largest absolute Gasteiger partial charge is 0.495 e. The Bertz CT molecular complexity index is 713. The van der Waals surface area contributed by atoms with Gasteiger partial charge in [0.1, 0.15) is 16.9 Å². The quantitative estimate of drug-likeness (QED) is 0.647. The van der Waals surface area contributed by atoms with E-state index in [1.54, 1.807) is 7.11 Å². The summed E-state index contributed by atoms with van der Waals surface area (Å²) in [5, 5.41) is 2.13. The van der Waals surface area contributed by atoms with Gasteiger partial charge in [0.25, 0.3) is 0 Å². The second-order valence-corrected chi connectivity index (χ2v) is 4.19. The summed E-state index contributed by atoms with van der Waals surface area (Å²) in [6.45, 7) is 2.06. The molecule has 3 nitrogen and oxygen atoms in total. The number of aryl methyl sites for hydroxylation is 1. The molecule has 3 rings (SSSR count). The number of methoxy groups -OCH3 is 1. The number of ether oxygens (including phenoxy) is 1. The Morgan fingerprint density at radius 2 is 1.82 bits per heavy atom. The molecule has 0 aliphatic carbocycles. The summed E-state index contributed by atoms with van der Waals surface area (Å²) in [6, 6.07) is 9.86. The van der Waals surface area contributed by atoms with Crippen molar-refractivity contribution in [3.63, 3.8) is 0 Å². The monoisotopic (exact) mass is 227 g/mol. The number of hydrogen-bond acceptors (Lipinski definition) is 3. The zero-order chi connectivity index (χ0) is 12.0. The first-order valence-corrected chi connectivity index (χ1v) is 5.45. The maximum atomic E-state index is 5.86. The molecule has 1 heterocycles. The lowest BCUT2D eigenvalue weighted by Crippen LogP contribution is -1.91. The molecular formula is C14H13NO2. The molecule has 2 N–H and O–H groups in total. The van der Waals surface area contributed by atoms with Gasteiger partial charge in [-0.25, -0.2) is 0 Å². The zero-order valence-electron chi connectivity index (χ0n) is 9.78. The second kappa shape index (κ2) is 3.42. The number of benzene rings is 2. The minimum absolute atomic E-state index is 0.593. The molecule has 0 saturated heterocycles. The summed E-state index contributed by atoms with van der Waals surface area (Å²) < 4.78 is 11.0. The molecule has 86 valence electrons. The van der Waals surface area contributed by atoms with E-state index < -0.39 is 0 Å². The summed E-state index contributed by atoms with van der Waals surface area (Å²) in [5.41, 5.74) is 9.33. The van der Waals surface area contributed by atoms with Crippen molar-refractivity contribution < 1.29 is 9.15 Å². The van der Waals surface area contributed by atoms with E-state index in [9.17, 15) is 0 Å². The van der Waals surface area contributed by atoms with E-state index in [2.05, 4.69) is 13.0 Å². The summed E-state index contributed by atoms with van der Waals surface area (Å²) in [4.78, 5) is 0. The summed E-state index contributed by atoms with van der Waals surface area (Å²) in [7, 11) is 1.62. The van der Waals surface area contributed by atoms with Crippen LogP contribution in [0.2, 0.25) is 0 Å². The first kappa shape index (κ1) is 10.0. The summed E-state index contributed by atoms with van der Waals surface area (Å²) in [5.74, 6) is 0.682. The van der Waals surface area contributed by atoms with Gasteiger partial charge >= 0.3 is 0 Å². The lowest BCUT2D eigenvalue weighted by atomic mass is 10.1. The van der Waals surface area contributed by atoms with E-state index in [0.29, 0.717) is 11.4 Å². The Morgan fingerprint density at radius 1 is 1.06 bits per heavy atom. The third-order valence-electron chi connectivity index (χ3n) is 2.98. The van der Waals surface area contributed by atoms with Crippen molar-refractivity contribution in [2.24, 2.45) is 0 Å². The molecule has 17 heavy (non-hydrogen) atoms. The minimum Gasteiger partial charge on any atom is -0.495 e.